The largest absolute Gasteiger partial charge is 0.392 e. The van der Waals surface area contributed by atoms with E-state index in [0.717, 1.165) is 0 Å². The van der Waals surface area contributed by atoms with E-state index in [1.165, 1.54) is 0 Å². The van der Waals surface area contributed by atoms with E-state index in [2.05, 4.69) is 4.72 Å². The van der Waals surface area contributed by atoms with Crippen LogP contribution in [0.3, 0.4) is 0 Å². The molecule has 0 saturated carbocycles. The van der Waals surface area contributed by atoms with E-state index in [1.54, 1.807) is 24.3 Å². The first kappa shape index (κ1) is 12.9. The predicted molar refractivity (Wildman–Crippen MR) is 52.1 cm³/mol. The number of rotatable bonds is 3. The molecule has 0 aliphatic carbocycles. The minimum absolute atomic E-state index is 0. The Morgan fingerprint density at radius 2 is 1.92 bits per heavy atom. The second-order valence-corrected chi connectivity index (χ2v) is 2.92. The molecule has 0 heterocycles. The van der Waals surface area contributed by atoms with Crippen LogP contribution in [0.1, 0.15) is 5.56 Å². The molecule has 1 radical (unpaired) electrons. The molecule has 67 valence electrons. The third-order valence-corrected chi connectivity index (χ3v) is 1.82. The van der Waals surface area contributed by atoms with Gasteiger partial charge in [-0.15, -0.1) is 0 Å². The van der Waals surface area contributed by atoms with Crippen molar-refractivity contribution < 1.29 is 13.5 Å². The summed E-state index contributed by atoms with van der Waals surface area (Å²) in [6.07, 6.45) is 0. The summed E-state index contributed by atoms with van der Waals surface area (Å²) in [6.45, 7) is -0.174. The maximum absolute atomic E-state index is 10.3. The zero-order chi connectivity index (χ0) is 8.97. The zero-order valence-electron chi connectivity index (χ0n) is 7.23. The zero-order valence-corrected chi connectivity index (χ0v) is 10.1. The van der Waals surface area contributed by atoms with Crippen LogP contribution < -0.4 is 4.72 Å². The molecular formula is C7H9NNaO3S. The summed E-state index contributed by atoms with van der Waals surface area (Å²) in [4.78, 5) is 0. The van der Waals surface area contributed by atoms with Gasteiger partial charge in [0.05, 0.1) is 12.3 Å². The van der Waals surface area contributed by atoms with Gasteiger partial charge < -0.3 is 5.11 Å². The van der Waals surface area contributed by atoms with Gasteiger partial charge >= 0.3 is 0 Å². The van der Waals surface area contributed by atoms with E-state index in [9.17, 15) is 8.42 Å². The molecule has 0 unspecified atom stereocenters. The first-order valence-electron chi connectivity index (χ1n) is 3.34. The van der Waals surface area contributed by atoms with E-state index in [-0.39, 0.29) is 36.2 Å². The Hall–Kier alpha value is -0.0700. The molecule has 0 aliphatic heterocycles. The summed E-state index contributed by atoms with van der Waals surface area (Å²) >= 11 is 0. The molecule has 1 aromatic rings. The third kappa shape index (κ3) is 4.10. The molecule has 0 fully saturated rings. The minimum Gasteiger partial charge on any atom is -0.392 e. The first-order valence-corrected chi connectivity index (χ1v) is 4.51. The topological polar surface area (TPSA) is 66.4 Å². The van der Waals surface area contributed by atoms with Crippen molar-refractivity contribution in [1.82, 2.24) is 0 Å². The molecule has 4 nitrogen and oxygen atoms in total. The van der Waals surface area contributed by atoms with Gasteiger partial charge in [0.2, 0.25) is 10.9 Å². The fourth-order valence-electron chi connectivity index (χ4n) is 0.866. The second kappa shape index (κ2) is 6.39. The van der Waals surface area contributed by atoms with Gasteiger partial charge in [0.1, 0.15) is 0 Å². The van der Waals surface area contributed by atoms with Crippen LogP contribution in [0.5, 0.6) is 0 Å². The third-order valence-electron chi connectivity index (χ3n) is 1.40. The number of para-hydroxylation sites is 1. The summed E-state index contributed by atoms with van der Waals surface area (Å²) < 4.78 is 22.8. The van der Waals surface area contributed by atoms with Crippen LogP contribution in [-0.4, -0.2) is 43.1 Å². The average Bonchev–Trinajstić information content (AvgIpc) is 2.04. The van der Waals surface area contributed by atoms with Gasteiger partial charge in [-0.05, 0) is 6.07 Å². The van der Waals surface area contributed by atoms with Crippen LogP contribution in [0.25, 0.3) is 0 Å². The molecular weight excluding hydrogens is 201 g/mol. The van der Waals surface area contributed by atoms with Gasteiger partial charge in [0.25, 0.3) is 0 Å². The summed E-state index contributed by atoms with van der Waals surface area (Å²) in [6, 6.07) is 6.67. The van der Waals surface area contributed by atoms with Gasteiger partial charge in [-0.3, -0.25) is 4.72 Å². The SMILES string of the molecule is O=[SH](=O)Nc1ccccc1CO.[Na]. The second-order valence-electron chi connectivity index (χ2n) is 2.18. The molecule has 0 aliphatic rings. The maximum Gasteiger partial charge on any atom is 0.222 e. The van der Waals surface area contributed by atoms with E-state index in [1.807, 2.05) is 0 Å². The number of benzene rings is 1. The smallest absolute Gasteiger partial charge is 0.222 e. The van der Waals surface area contributed by atoms with Gasteiger partial charge in [0, 0.05) is 35.1 Å². The Balaban J connectivity index is 0.00000144. The normalized spacial score (nSPS) is 9.38. The first-order chi connectivity index (χ1) is 5.74. The monoisotopic (exact) mass is 210 g/mol. The Labute approximate surface area is 100 Å². The summed E-state index contributed by atoms with van der Waals surface area (Å²) in [7, 11) is -2.66. The fraction of sp³-hybridized carbons (Fsp3) is 0.143. The van der Waals surface area contributed by atoms with E-state index in [4.69, 9.17) is 5.11 Å². The molecule has 13 heavy (non-hydrogen) atoms. The molecule has 2 N–H and O–H groups in total. The molecule has 6 heteroatoms. The maximum atomic E-state index is 10.3. The minimum atomic E-state index is -2.66. The summed E-state index contributed by atoms with van der Waals surface area (Å²) in [5.74, 6) is 0. The van der Waals surface area contributed by atoms with Crippen molar-refractivity contribution in [2.75, 3.05) is 4.72 Å². The molecule has 0 atom stereocenters. The number of nitrogens with one attached hydrogen (secondary N) is 1. The van der Waals surface area contributed by atoms with Crippen LogP contribution in [-0.2, 0) is 17.5 Å². The van der Waals surface area contributed by atoms with E-state index >= 15 is 0 Å². The fourth-order valence-corrected chi connectivity index (χ4v) is 1.28. The van der Waals surface area contributed by atoms with Gasteiger partial charge in [0.15, 0.2) is 0 Å². The average molecular weight is 210 g/mol. The van der Waals surface area contributed by atoms with Gasteiger partial charge in [-0.2, -0.15) is 0 Å². The molecule has 0 aromatic heterocycles. The number of hydrogen-bond acceptors (Lipinski definition) is 3. The molecule has 1 aromatic carbocycles. The summed E-state index contributed by atoms with van der Waals surface area (Å²) in [5.41, 5.74) is 0.993. The van der Waals surface area contributed by atoms with Crippen LogP contribution in [0.2, 0.25) is 0 Å². The van der Waals surface area contributed by atoms with Crippen molar-refractivity contribution in [2.45, 2.75) is 6.61 Å². The Bertz CT molecular complexity index is 332. The molecule has 0 saturated heterocycles. The van der Waals surface area contributed by atoms with Crippen molar-refractivity contribution in [3.05, 3.63) is 29.8 Å². The van der Waals surface area contributed by atoms with Crippen molar-refractivity contribution >= 4 is 46.1 Å². The van der Waals surface area contributed by atoms with Crippen LogP contribution in [0, 0.1) is 0 Å². The van der Waals surface area contributed by atoms with Crippen molar-refractivity contribution in [3.8, 4) is 0 Å². The number of aliphatic hydroxyl groups excluding tert-OH is 1. The Morgan fingerprint density at radius 1 is 1.31 bits per heavy atom. The Morgan fingerprint density at radius 3 is 2.46 bits per heavy atom. The van der Waals surface area contributed by atoms with Gasteiger partial charge in [-0.25, -0.2) is 8.42 Å². The summed E-state index contributed by atoms with van der Waals surface area (Å²) in [5, 5.41) is 8.79. The van der Waals surface area contributed by atoms with Crippen molar-refractivity contribution in [2.24, 2.45) is 0 Å². The molecule has 0 amide bonds. The van der Waals surface area contributed by atoms with E-state index in [0.29, 0.717) is 11.3 Å². The van der Waals surface area contributed by atoms with Crippen LogP contribution in [0.4, 0.5) is 5.69 Å². The molecule has 0 spiro atoms. The number of aliphatic hydroxyl groups is 1. The number of thiol groups is 1. The van der Waals surface area contributed by atoms with Crippen molar-refractivity contribution in [3.63, 3.8) is 0 Å². The Kier molecular flexibility index (Phi) is 6.36. The van der Waals surface area contributed by atoms with Gasteiger partial charge in [-0.1, -0.05) is 18.2 Å². The van der Waals surface area contributed by atoms with Crippen LogP contribution in [0.15, 0.2) is 24.3 Å². The van der Waals surface area contributed by atoms with E-state index < -0.39 is 10.9 Å². The van der Waals surface area contributed by atoms with Crippen LogP contribution >= 0.6 is 0 Å². The number of hydrogen-bond donors (Lipinski definition) is 3. The standard InChI is InChI=1S/C7H9NO3S.Na/c9-5-6-3-1-2-4-7(6)8-12(10)11;/h1-4,9,12H,5H2,(H,8,10,11);. The quantitative estimate of drug-likeness (QED) is 0.475. The molecule has 1 rings (SSSR count). The number of anilines is 1. The predicted octanol–water partition coefficient (Wildman–Crippen LogP) is -0.264. The molecule has 0 bridgehead atoms. The van der Waals surface area contributed by atoms with Crippen molar-refractivity contribution in [1.29, 1.82) is 0 Å².